The minimum Gasteiger partial charge on any atom is -0.477 e. The lowest BCUT2D eigenvalue weighted by Gasteiger charge is -2.20. The van der Waals surface area contributed by atoms with Crippen molar-refractivity contribution < 1.29 is 19.3 Å². The third kappa shape index (κ3) is 3.46. The number of carboxylic acids is 1. The second-order valence-corrected chi connectivity index (χ2v) is 6.68. The minimum atomic E-state index is -1.04. The maximum Gasteiger partial charge on any atom is 0.426 e. The van der Waals surface area contributed by atoms with Gasteiger partial charge in [0.15, 0.2) is 0 Å². The Kier molecular flexibility index (Phi) is 4.50. The number of amides is 1. The first-order chi connectivity index (χ1) is 11.0. The van der Waals surface area contributed by atoms with E-state index in [9.17, 15) is 9.59 Å². The summed E-state index contributed by atoms with van der Waals surface area (Å²) in [5.41, 5.74) is 1.51. The zero-order valence-corrected chi connectivity index (χ0v) is 13.6. The molecule has 1 aromatic carbocycles. The van der Waals surface area contributed by atoms with Gasteiger partial charge in [0.1, 0.15) is 10.2 Å². The average molecular weight is 347 g/mol. The van der Waals surface area contributed by atoms with Crippen LogP contribution in [0.2, 0.25) is 5.02 Å². The second kappa shape index (κ2) is 6.56. The first-order valence-corrected chi connectivity index (χ1v) is 8.19. The fraction of sp³-hybridized carbons (Fsp3) is 0.118. The molecule has 0 aromatic heterocycles. The molecule has 0 fully saturated rings. The lowest BCUT2D eigenvalue weighted by molar-refractivity contribution is -0.436. The van der Waals surface area contributed by atoms with Crippen molar-refractivity contribution in [2.45, 2.75) is 5.25 Å². The van der Waals surface area contributed by atoms with Crippen molar-refractivity contribution in [1.29, 1.82) is 0 Å². The number of rotatable bonds is 3. The van der Waals surface area contributed by atoms with Crippen LogP contribution in [0.15, 0.2) is 53.5 Å². The summed E-state index contributed by atoms with van der Waals surface area (Å²) in [6.07, 6.45) is 9.19. The molecule has 116 valence electrons. The summed E-state index contributed by atoms with van der Waals surface area (Å²) >= 11 is 7.39. The summed E-state index contributed by atoms with van der Waals surface area (Å²) < 4.78 is 1.32. The van der Waals surface area contributed by atoms with Crippen molar-refractivity contribution in [3.63, 3.8) is 0 Å². The number of benzene rings is 1. The van der Waals surface area contributed by atoms with Gasteiger partial charge in [-0.2, -0.15) is 0 Å². The molecule has 1 aliphatic carbocycles. The van der Waals surface area contributed by atoms with E-state index in [2.05, 4.69) is 0 Å². The van der Waals surface area contributed by atoms with Crippen LogP contribution in [-0.2, 0) is 9.59 Å². The van der Waals surface area contributed by atoms with Crippen LogP contribution in [0.1, 0.15) is 5.56 Å². The molecule has 1 heterocycles. The molecule has 0 spiro atoms. The Morgan fingerprint density at radius 3 is 2.96 bits per heavy atom. The molecule has 6 heteroatoms. The lowest BCUT2D eigenvalue weighted by atomic mass is 10.1. The Hall–Kier alpha value is -2.11. The van der Waals surface area contributed by atoms with Gasteiger partial charge in [-0.05, 0) is 23.8 Å². The topological polar surface area (TPSA) is 57.4 Å². The second-order valence-electron chi connectivity index (χ2n) is 5.06. The van der Waals surface area contributed by atoms with Crippen molar-refractivity contribution in [1.82, 2.24) is 0 Å². The lowest BCUT2D eigenvalue weighted by Crippen LogP contribution is -2.40. The van der Waals surface area contributed by atoms with Crippen molar-refractivity contribution in [2.24, 2.45) is 0 Å². The average Bonchev–Trinajstić information content (AvgIpc) is 2.51. The molecule has 1 atom stereocenters. The molecular formula is C17H13ClNO3S+. The molecule has 3 rings (SSSR count). The molecule has 1 aliphatic heterocycles. The van der Waals surface area contributed by atoms with Crippen LogP contribution < -0.4 is 0 Å². The minimum absolute atomic E-state index is 0.0671. The Balaban J connectivity index is 2.03. The summed E-state index contributed by atoms with van der Waals surface area (Å²) in [6.45, 7) is -0.351. The van der Waals surface area contributed by atoms with E-state index in [0.29, 0.717) is 15.6 Å². The SMILES string of the molecule is O=C(O)C[N+]1=C2C=CC=CC2S/C(=C/c2cccc(Cl)c2)C1=O. The van der Waals surface area contributed by atoms with E-state index in [1.54, 1.807) is 30.4 Å². The summed E-state index contributed by atoms with van der Waals surface area (Å²) in [5, 5.41) is 9.61. The van der Waals surface area contributed by atoms with Gasteiger partial charge in [0.05, 0.1) is 0 Å². The van der Waals surface area contributed by atoms with Crippen LogP contribution in [0, 0.1) is 0 Å². The van der Waals surface area contributed by atoms with Gasteiger partial charge in [0.2, 0.25) is 12.3 Å². The number of hydrogen-bond acceptors (Lipinski definition) is 3. The molecular weight excluding hydrogens is 334 g/mol. The number of halogens is 1. The Morgan fingerprint density at radius 1 is 1.39 bits per heavy atom. The molecule has 1 amide bonds. The summed E-state index contributed by atoms with van der Waals surface area (Å²) in [7, 11) is 0. The van der Waals surface area contributed by atoms with Crippen LogP contribution in [0.25, 0.3) is 6.08 Å². The van der Waals surface area contributed by atoms with E-state index < -0.39 is 5.97 Å². The standard InChI is InChI=1S/C17H12ClNO3S/c18-12-5-3-4-11(8-12)9-15-17(22)19(10-16(20)21)13-6-1-2-7-14(13)23-15/h1-9,14H,10H2/p+1/b15-9+. The van der Waals surface area contributed by atoms with E-state index in [-0.39, 0.29) is 17.7 Å². The zero-order valence-electron chi connectivity index (χ0n) is 12.0. The number of carboxylic acid groups (broad SMARTS) is 1. The number of carbonyl (C=O) groups is 2. The normalized spacial score (nSPS) is 21.7. The number of fused-ring (bicyclic) bond motifs is 1. The van der Waals surface area contributed by atoms with Crippen molar-refractivity contribution in [3.05, 3.63) is 64.1 Å². The van der Waals surface area contributed by atoms with E-state index >= 15 is 0 Å². The molecule has 2 aliphatic rings. The van der Waals surface area contributed by atoms with Gasteiger partial charge in [0, 0.05) is 11.1 Å². The van der Waals surface area contributed by atoms with Crippen molar-refractivity contribution in [2.75, 3.05) is 6.54 Å². The van der Waals surface area contributed by atoms with Gasteiger partial charge in [-0.3, -0.25) is 0 Å². The van der Waals surface area contributed by atoms with Gasteiger partial charge in [-0.15, -0.1) is 4.58 Å². The van der Waals surface area contributed by atoms with Gasteiger partial charge in [0.25, 0.3) is 0 Å². The number of allylic oxidation sites excluding steroid dienone is 3. The smallest absolute Gasteiger partial charge is 0.426 e. The van der Waals surface area contributed by atoms with Crippen molar-refractivity contribution >= 4 is 47.0 Å². The number of nitrogens with zero attached hydrogens (tertiary/aromatic N) is 1. The molecule has 0 saturated heterocycles. The molecule has 0 saturated carbocycles. The summed E-state index contributed by atoms with van der Waals surface area (Å²) in [4.78, 5) is 24.3. The van der Waals surface area contributed by atoms with Gasteiger partial charge in [-0.1, -0.05) is 53.7 Å². The maximum atomic E-state index is 12.7. The summed E-state index contributed by atoms with van der Waals surface area (Å²) in [5.74, 6) is -1.34. The Labute approximate surface area is 142 Å². The van der Waals surface area contributed by atoms with Crippen LogP contribution >= 0.6 is 23.4 Å². The van der Waals surface area contributed by atoms with E-state index in [1.807, 2.05) is 24.3 Å². The highest BCUT2D eigenvalue weighted by molar-refractivity contribution is 8.05. The number of carbonyl (C=O) groups excluding carboxylic acids is 1. The molecule has 0 radical (unpaired) electrons. The molecule has 1 aromatic rings. The number of thioether (sulfide) groups is 1. The monoisotopic (exact) mass is 346 g/mol. The van der Waals surface area contributed by atoms with Gasteiger partial charge < -0.3 is 5.11 Å². The highest BCUT2D eigenvalue weighted by atomic mass is 35.5. The quantitative estimate of drug-likeness (QED) is 0.675. The first-order valence-electron chi connectivity index (χ1n) is 6.94. The third-order valence-electron chi connectivity index (χ3n) is 3.42. The zero-order chi connectivity index (χ0) is 16.4. The highest BCUT2D eigenvalue weighted by Crippen LogP contribution is 2.33. The predicted octanol–water partition coefficient (Wildman–Crippen LogP) is 2.99. The number of aliphatic carboxylic acids is 1. The van der Waals surface area contributed by atoms with Crippen LogP contribution in [0.4, 0.5) is 0 Å². The van der Waals surface area contributed by atoms with Gasteiger partial charge >= 0.3 is 11.9 Å². The molecule has 1 unspecified atom stereocenters. The first kappa shape index (κ1) is 15.8. The van der Waals surface area contributed by atoms with E-state index in [0.717, 1.165) is 5.56 Å². The molecule has 0 bridgehead atoms. The fourth-order valence-electron chi connectivity index (χ4n) is 2.44. The van der Waals surface area contributed by atoms with Crippen molar-refractivity contribution in [3.8, 4) is 0 Å². The number of hydrogen-bond donors (Lipinski definition) is 1. The largest absolute Gasteiger partial charge is 0.477 e. The van der Waals surface area contributed by atoms with Gasteiger partial charge in [-0.25, -0.2) is 9.59 Å². The Bertz CT molecular complexity index is 808. The summed E-state index contributed by atoms with van der Waals surface area (Å²) in [6, 6.07) is 7.18. The third-order valence-corrected chi connectivity index (χ3v) is 4.85. The maximum absolute atomic E-state index is 12.7. The van der Waals surface area contributed by atoms with Crippen LogP contribution in [0.3, 0.4) is 0 Å². The van der Waals surface area contributed by atoms with Crippen LogP contribution in [-0.4, -0.2) is 39.1 Å². The molecule has 4 nitrogen and oxygen atoms in total. The Morgan fingerprint density at radius 2 is 2.22 bits per heavy atom. The van der Waals surface area contributed by atoms with Crippen LogP contribution in [0.5, 0.6) is 0 Å². The predicted molar refractivity (Wildman–Crippen MR) is 91.9 cm³/mol. The van der Waals surface area contributed by atoms with E-state index in [1.165, 1.54) is 16.3 Å². The molecule has 23 heavy (non-hydrogen) atoms. The molecule has 1 N–H and O–H groups in total. The highest BCUT2D eigenvalue weighted by Gasteiger charge is 2.39. The fourth-order valence-corrected chi connectivity index (χ4v) is 3.82. The van der Waals surface area contributed by atoms with E-state index in [4.69, 9.17) is 16.7 Å².